The number of aldehydes is 1. The zero-order valence-corrected chi connectivity index (χ0v) is 7.97. The van der Waals surface area contributed by atoms with E-state index in [0.29, 0.717) is 17.6 Å². The number of nitriles is 1. The molecule has 0 unspecified atom stereocenters. The van der Waals surface area contributed by atoms with Crippen molar-refractivity contribution in [2.75, 3.05) is 6.61 Å². The van der Waals surface area contributed by atoms with Crippen molar-refractivity contribution >= 4 is 12.1 Å². The molecule has 0 saturated heterocycles. The maximum Gasteiger partial charge on any atom is 0.176 e. The molecule has 1 aromatic rings. The largest absolute Gasteiger partial charge is 0.486 e. The van der Waals surface area contributed by atoms with E-state index < -0.39 is 0 Å². The van der Waals surface area contributed by atoms with E-state index >= 15 is 0 Å². The first-order chi connectivity index (χ1) is 7.27. The van der Waals surface area contributed by atoms with E-state index in [1.807, 2.05) is 0 Å². The Morgan fingerprint density at radius 2 is 2.07 bits per heavy atom. The zero-order chi connectivity index (χ0) is 11.1. The number of ketones is 1. The molecular weight excluding hydrogens is 194 g/mol. The topological polar surface area (TPSA) is 67.2 Å². The maximum absolute atomic E-state index is 11.3. The molecule has 0 bridgehead atoms. The Bertz CT molecular complexity index is 389. The van der Waals surface area contributed by atoms with E-state index in [1.54, 1.807) is 30.3 Å². The Kier molecular flexibility index (Phi) is 4.05. The van der Waals surface area contributed by atoms with Crippen molar-refractivity contribution in [1.29, 1.82) is 5.26 Å². The molecule has 0 saturated carbocycles. The summed E-state index contributed by atoms with van der Waals surface area (Å²) in [5.74, 6) is 0.301. The van der Waals surface area contributed by atoms with Gasteiger partial charge >= 0.3 is 0 Å². The van der Waals surface area contributed by atoms with Gasteiger partial charge in [0.1, 0.15) is 12.4 Å². The van der Waals surface area contributed by atoms with Gasteiger partial charge in [0, 0.05) is 5.56 Å². The fourth-order valence-electron chi connectivity index (χ4n) is 1.04. The van der Waals surface area contributed by atoms with Gasteiger partial charge in [-0.2, -0.15) is 5.26 Å². The number of carbonyl (C=O) groups excluding carboxylic acids is 2. The van der Waals surface area contributed by atoms with Gasteiger partial charge in [0.05, 0.1) is 12.5 Å². The van der Waals surface area contributed by atoms with Crippen molar-refractivity contribution in [1.82, 2.24) is 0 Å². The Morgan fingerprint density at radius 1 is 1.40 bits per heavy atom. The van der Waals surface area contributed by atoms with Crippen LogP contribution in [0.1, 0.15) is 16.8 Å². The van der Waals surface area contributed by atoms with Gasteiger partial charge in [0.2, 0.25) is 0 Å². The molecule has 0 aliphatic heterocycles. The van der Waals surface area contributed by atoms with Crippen LogP contribution in [-0.4, -0.2) is 18.7 Å². The van der Waals surface area contributed by atoms with Crippen LogP contribution in [0.3, 0.4) is 0 Å². The molecule has 1 rings (SSSR count). The van der Waals surface area contributed by atoms with Crippen LogP contribution >= 0.6 is 0 Å². The van der Waals surface area contributed by atoms with Gasteiger partial charge in [-0.1, -0.05) is 0 Å². The van der Waals surface area contributed by atoms with Crippen molar-refractivity contribution in [3.63, 3.8) is 0 Å². The summed E-state index contributed by atoms with van der Waals surface area (Å²) in [6.07, 6.45) is 0.517. The van der Waals surface area contributed by atoms with Gasteiger partial charge in [0.25, 0.3) is 0 Å². The van der Waals surface area contributed by atoms with Gasteiger partial charge in [-0.15, -0.1) is 0 Å². The molecule has 76 valence electrons. The smallest absolute Gasteiger partial charge is 0.176 e. The highest BCUT2D eigenvalue weighted by Gasteiger charge is 2.04. The number of ether oxygens (including phenoxy) is 1. The summed E-state index contributed by atoms with van der Waals surface area (Å²) in [4.78, 5) is 21.3. The molecule has 0 atom stereocenters. The predicted octanol–water partition coefficient (Wildman–Crippen LogP) is 1.36. The molecular formula is C11H9NO3. The maximum atomic E-state index is 11.3. The predicted molar refractivity (Wildman–Crippen MR) is 52.6 cm³/mol. The van der Waals surface area contributed by atoms with Crippen molar-refractivity contribution in [3.8, 4) is 11.8 Å². The van der Waals surface area contributed by atoms with Crippen LogP contribution in [0.15, 0.2) is 24.3 Å². The summed E-state index contributed by atoms with van der Waals surface area (Å²) >= 11 is 0. The summed E-state index contributed by atoms with van der Waals surface area (Å²) in [5, 5.41) is 8.33. The second-order valence-corrected chi connectivity index (χ2v) is 2.76. The molecule has 0 amide bonds. The Balaban J connectivity index is 2.68. The number of rotatable bonds is 5. The average molecular weight is 203 g/mol. The standard InChI is InChI=1S/C11H9NO3/c12-6-5-11(14)9-1-3-10(4-2-9)15-8-7-13/h1-4,7H,5,8H2. The second kappa shape index (κ2) is 5.55. The SMILES string of the molecule is N#CCC(=O)c1ccc(OCC=O)cc1. The average Bonchev–Trinajstić information content (AvgIpc) is 2.27. The molecule has 1 aromatic carbocycles. The first-order valence-electron chi connectivity index (χ1n) is 4.34. The Hall–Kier alpha value is -2.15. The highest BCUT2D eigenvalue weighted by Crippen LogP contribution is 2.12. The molecule has 0 spiro atoms. The number of nitrogens with zero attached hydrogens (tertiary/aromatic N) is 1. The van der Waals surface area contributed by atoms with Gasteiger partial charge in [-0.05, 0) is 24.3 Å². The summed E-state index contributed by atoms with van der Waals surface area (Å²) in [7, 11) is 0. The number of hydrogen-bond acceptors (Lipinski definition) is 4. The Morgan fingerprint density at radius 3 is 2.60 bits per heavy atom. The molecule has 15 heavy (non-hydrogen) atoms. The van der Waals surface area contributed by atoms with Gasteiger partial charge in [-0.25, -0.2) is 0 Å². The van der Waals surface area contributed by atoms with Crippen LogP contribution in [0, 0.1) is 11.3 Å². The van der Waals surface area contributed by atoms with Crippen LogP contribution in [0.25, 0.3) is 0 Å². The monoisotopic (exact) mass is 203 g/mol. The third kappa shape index (κ3) is 3.24. The first-order valence-corrected chi connectivity index (χ1v) is 4.34. The summed E-state index contributed by atoms with van der Waals surface area (Å²) in [5.41, 5.74) is 0.468. The van der Waals surface area contributed by atoms with Crippen molar-refractivity contribution in [2.45, 2.75) is 6.42 Å². The number of carbonyl (C=O) groups is 2. The summed E-state index contributed by atoms with van der Waals surface area (Å²) in [6, 6.07) is 8.11. The lowest BCUT2D eigenvalue weighted by atomic mass is 10.1. The fourth-order valence-corrected chi connectivity index (χ4v) is 1.04. The molecule has 4 heteroatoms. The first kappa shape index (κ1) is 10.9. The van der Waals surface area contributed by atoms with Gasteiger partial charge < -0.3 is 4.74 Å². The highest BCUT2D eigenvalue weighted by molar-refractivity contribution is 5.97. The van der Waals surface area contributed by atoms with Crippen LogP contribution in [0.5, 0.6) is 5.75 Å². The van der Waals surface area contributed by atoms with E-state index in [2.05, 4.69) is 0 Å². The van der Waals surface area contributed by atoms with Crippen LogP contribution in [0.2, 0.25) is 0 Å². The number of Topliss-reactive ketones (excluding diaryl/α,β-unsaturated/α-hetero) is 1. The second-order valence-electron chi connectivity index (χ2n) is 2.76. The van der Waals surface area contributed by atoms with Crippen molar-refractivity contribution in [2.24, 2.45) is 0 Å². The van der Waals surface area contributed by atoms with Crippen molar-refractivity contribution in [3.05, 3.63) is 29.8 Å². The van der Waals surface area contributed by atoms with E-state index in [4.69, 9.17) is 10.00 Å². The lowest BCUT2D eigenvalue weighted by molar-refractivity contribution is -0.109. The lowest BCUT2D eigenvalue weighted by Gasteiger charge is -2.02. The minimum Gasteiger partial charge on any atom is -0.486 e. The lowest BCUT2D eigenvalue weighted by Crippen LogP contribution is -1.99. The molecule has 0 fully saturated rings. The van der Waals surface area contributed by atoms with Gasteiger partial charge in [0.15, 0.2) is 12.1 Å². The molecule has 0 radical (unpaired) electrons. The summed E-state index contributed by atoms with van der Waals surface area (Å²) < 4.78 is 5.01. The molecule has 4 nitrogen and oxygen atoms in total. The minimum atomic E-state index is -0.223. The number of hydrogen-bond donors (Lipinski definition) is 0. The van der Waals surface area contributed by atoms with Crippen LogP contribution < -0.4 is 4.74 Å². The molecule has 0 aliphatic rings. The number of benzene rings is 1. The normalized spacial score (nSPS) is 9.00. The van der Waals surface area contributed by atoms with E-state index in [0.717, 1.165) is 0 Å². The van der Waals surface area contributed by atoms with E-state index in [1.165, 1.54) is 0 Å². The molecule has 0 N–H and O–H groups in total. The minimum absolute atomic E-state index is 0.00844. The van der Waals surface area contributed by atoms with E-state index in [-0.39, 0.29) is 18.8 Å². The van der Waals surface area contributed by atoms with Gasteiger partial charge in [-0.3, -0.25) is 9.59 Å². The third-order valence-corrected chi connectivity index (χ3v) is 1.73. The molecule has 0 heterocycles. The van der Waals surface area contributed by atoms with E-state index in [9.17, 15) is 9.59 Å². The summed E-state index contributed by atoms with van der Waals surface area (Å²) in [6.45, 7) is -0.00844. The highest BCUT2D eigenvalue weighted by atomic mass is 16.5. The zero-order valence-electron chi connectivity index (χ0n) is 7.97. The van der Waals surface area contributed by atoms with Crippen LogP contribution in [0.4, 0.5) is 0 Å². The quantitative estimate of drug-likeness (QED) is 0.535. The van der Waals surface area contributed by atoms with Crippen molar-refractivity contribution < 1.29 is 14.3 Å². The third-order valence-electron chi connectivity index (χ3n) is 1.73. The van der Waals surface area contributed by atoms with Crippen LogP contribution in [-0.2, 0) is 4.79 Å². The Labute approximate surface area is 87.1 Å². The fraction of sp³-hybridized carbons (Fsp3) is 0.182. The molecule has 0 aliphatic carbocycles. The molecule has 0 aromatic heterocycles.